The van der Waals surface area contributed by atoms with Gasteiger partial charge in [-0.1, -0.05) is 43.0 Å². The van der Waals surface area contributed by atoms with E-state index in [1.165, 1.54) is 16.7 Å². The van der Waals surface area contributed by atoms with E-state index in [0.717, 1.165) is 0 Å². The Kier molecular flexibility index (Phi) is 1.01. The van der Waals surface area contributed by atoms with Crippen LogP contribution in [0.4, 0.5) is 0 Å². The number of hydrogen-bond acceptors (Lipinski definition) is 0. The molecule has 0 saturated heterocycles. The van der Waals surface area contributed by atoms with Crippen molar-refractivity contribution in [3.05, 3.63) is 59.8 Å². The van der Waals surface area contributed by atoms with E-state index in [-0.39, 0.29) is 0 Å². The monoisotopic (exact) mass is 128 g/mol. The second kappa shape index (κ2) is 1.84. The maximum absolute atomic E-state index is 3.75. The molecule has 0 radical (unpaired) electrons. The average molecular weight is 128 g/mol. The summed E-state index contributed by atoms with van der Waals surface area (Å²) in [7, 11) is 0. The summed E-state index contributed by atoms with van der Waals surface area (Å²) in [4.78, 5) is 0. The quantitative estimate of drug-likeness (QED) is 0.536. The van der Waals surface area contributed by atoms with Crippen LogP contribution in [0.15, 0.2) is 59.8 Å². The van der Waals surface area contributed by atoms with E-state index >= 15 is 0 Å². The van der Waals surface area contributed by atoms with E-state index in [1.54, 1.807) is 0 Å². The van der Waals surface area contributed by atoms with Crippen molar-refractivity contribution in [3.8, 4) is 0 Å². The lowest BCUT2D eigenvalue weighted by Crippen LogP contribution is -1.88. The third kappa shape index (κ3) is 0.695. The molecule has 0 aromatic heterocycles. The Hall–Kier alpha value is -1.30. The molecule has 10 heavy (non-hydrogen) atoms. The minimum Gasteiger partial charge on any atom is -0.0984 e. The van der Waals surface area contributed by atoms with Crippen molar-refractivity contribution >= 4 is 0 Å². The summed E-state index contributed by atoms with van der Waals surface area (Å²) in [6.45, 7) is 3.75. The summed E-state index contributed by atoms with van der Waals surface area (Å²) in [5.74, 6) is 0. The first-order valence-corrected chi connectivity index (χ1v) is 3.35. The molecule has 0 amide bonds. The van der Waals surface area contributed by atoms with Crippen LogP contribution in [0.25, 0.3) is 0 Å². The van der Waals surface area contributed by atoms with Crippen LogP contribution in [0.1, 0.15) is 0 Å². The number of hydrogen-bond donors (Lipinski definition) is 0. The van der Waals surface area contributed by atoms with E-state index in [2.05, 4.69) is 30.9 Å². The standard InChI is InChI=1S/C10H8/c1-2-10(9-6-7-9)8-4-3-5-8/h2-7H,1H2. The highest BCUT2D eigenvalue weighted by Crippen LogP contribution is 2.29. The molecule has 48 valence electrons. The zero-order valence-corrected chi connectivity index (χ0v) is 5.67. The predicted octanol–water partition coefficient (Wildman–Crippen LogP) is 2.54. The molecule has 0 heterocycles. The van der Waals surface area contributed by atoms with Crippen molar-refractivity contribution in [2.75, 3.05) is 0 Å². The Morgan fingerprint density at radius 1 is 1.30 bits per heavy atom. The molecule has 0 bridgehead atoms. The van der Waals surface area contributed by atoms with Crippen molar-refractivity contribution < 1.29 is 0 Å². The first-order valence-electron chi connectivity index (χ1n) is 3.35. The van der Waals surface area contributed by atoms with Crippen molar-refractivity contribution in [3.63, 3.8) is 0 Å². The molecule has 0 nitrogen and oxygen atoms in total. The average Bonchev–Trinajstić information content (AvgIpc) is 2.58. The number of allylic oxidation sites excluding steroid dienone is 9. The smallest absolute Gasteiger partial charge is 0.0117 e. The largest absolute Gasteiger partial charge is 0.0984 e. The molecule has 0 fully saturated rings. The first kappa shape index (κ1) is 5.48. The van der Waals surface area contributed by atoms with Gasteiger partial charge in [0.15, 0.2) is 0 Å². The fourth-order valence-electron chi connectivity index (χ4n) is 0.996. The van der Waals surface area contributed by atoms with E-state index in [4.69, 9.17) is 0 Å². The van der Waals surface area contributed by atoms with Gasteiger partial charge in [-0.15, -0.1) is 0 Å². The molecular weight excluding hydrogens is 120 g/mol. The SMILES string of the molecule is C=CC(C1=CC=C1)=C1C=C1. The maximum Gasteiger partial charge on any atom is -0.0117 e. The lowest BCUT2D eigenvalue weighted by molar-refractivity contribution is 1.48. The van der Waals surface area contributed by atoms with E-state index in [0.29, 0.717) is 0 Å². The predicted molar refractivity (Wildman–Crippen MR) is 43.6 cm³/mol. The Labute approximate surface area is 60.6 Å². The van der Waals surface area contributed by atoms with Crippen molar-refractivity contribution in [1.29, 1.82) is 0 Å². The zero-order chi connectivity index (χ0) is 6.97. The van der Waals surface area contributed by atoms with Crippen LogP contribution in [0.3, 0.4) is 0 Å². The summed E-state index contributed by atoms with van der Waals surface area (Å²) in [5, 5.41) is 0. The molecule has 2 aliphatic carbocycles. The fourth-order valence-corrected chi connectivity index (χ4v) is 0.996. The topological polar surface area (TPSA) is 0 Å². The minimum atomic E-state index is 1.27. The zero-order valence-electron chi connectivity index (χ0n) is 5.67. The maximum atomic E-state index is 3.75. The highest BCUT2D eigenvalue weighted by molar-refractivity contribution is 5.64. The third-order valence-corrected chi connectivity index (χ3v) is 1.71. The molecule has 0 spiro atoms. The minimum absolute atomic E-state index is 1.27. The van der Waals surface area contributed by atoms with Crippen molar-refractivity contribution in [2.24, 2.45) is 0 Å². The Bertz CT molecular complexity index is 288. The van der Waals surface area contributed by atoms with Gasteiger partial charge in [-0.25, -0.2) is 0 Å². The highest BCUT2D eigenvalue weighted by atomic mass is 14.1. The van der Waals surface area contributed by atoms with Gasteiger partial charge in [-0.2, -0.15) is 0 Å². The van der Waals surface area contributed by atoms with E-state index in [9.17, 15) is 0 Å². The van der Waals surface area contributed by atoms with Crippen LogP contribution in [-0.2, 0) is 0 Å². The van der Waals surface area contributed by atoms with Gasteiger partial charge in [-0.3, -0.25) is 0 Å². The molecule has 0 aromatic rings. The van der Waals surface area contributed by atoms with Gasteiger partial charge in [0.05, 0.1) is 0 Å². The summed E-state index contributed by atoms with van der Waals surface area (Å²) in [6, 6.07) is 0. The van der Waals surface area contributed by atoms with E-state index in [1.807, 2.05) is 12.2 Å². The molecule has 2 rings (SSSR count). The van der Waals surface area contributed by atoms with Gasteiger partial charge >= 0.3 is 0 Å². The van der Waals surface area contributed by atoms with Crippen LogP contribution < -0.4 is 0 Å². The molecular formula is C10H8. The van der Waals surface area contributed by atoms with Crippen LogP contribution in [-0.4, -0.2) is 0 Å². The van der Waals surface area contributed by atoms with Gasteiger partial charge < -0.3 is 0 Å². The molecule has 0 atom stereocenters. The second-order valence-electron chi connectivity index (χ2n) is 2.39. The second-order valence-corrected chi connectivity index (χ2v) is 2.39. The Morgan fingerprint density at radius 3 is 2.30 bits per heavy atom. The van der Waals surface area contributed by atoms with E-state index < -0.39 is 0 Å². The first-order chi connectivity index (χ1) is 4.92. The molecule has 0 heteroatoms. The van der Waals surface area contributed by atoms with Gasteiger partial charge in [0.2, 0.25) is 0 Å². The highest BCUT2D eigenvalue weighted by Gasteiger charge is 2.10. The van der Waals surface area contributed by atoms with Crippen LogP contribution in [0.5, 0.6) is 0 Å². The van der Waals surface area contributed by atoms with Crippen LogP contribution in [0, 0.1) is 0 Å². The lowest BCUT2D eigenvalue weighted by atomic mass is 9.98. The molecule has 0 N–H and O–H groups in total. The third-order valence-electron chi connectivity index (χ3n) is 1.71. The van der Waals surface area contributed by atoms with Crippen LogP contribution >= 0.6 is 0 Å². The number of rotatable bonds is 2. The van der Waals surface area contributed by atoms with Crippen molar-refractivity contribution in [1.82, 2.24) is 0 Å². The lowest BCUT2D eigenvalue weighted by Gasteiger charge is -2.06. The van der Waals surface area contributed by atoms with Gasteiger partial charge in [-0.05, 0) is 16.7 Å². The van der Waals surface area contributed by atoms with Crippen LogP contribution in [0.2, 0.25) is 0 Å². The Balaban J connectivity index is 2.28. The molecule has 0 aromatic carbocycles. The summed E-state index contributed by atoms with van der Waals surface area (Å²) in [5.41, 5.74) is 3.89. The molecule has 0 unspecified atom stereocenters. The Morgan fingerprint density at radius 2 is 2.00 bits per heavy atom. The fraction of sp³-hybridized carbons (Fsp3) is 0. The van der Waals surface area contributed by atoms with Gasteiger partial charge in [0.1, 0.15) is 0 Å². The summed E-state index contributed by atoms with van der Waals surface area (Å²) >= 11 is 0. The van der Waals surface area contributed by atoms with Gasteiger partial charge in [0, 0.05) is 0 Å². The van der Waals surface area contributed by atoms with Crippen molar-refractivity contribution in [2.45, 2.75) is 0 Å². The summed E-state index contributed by atoms with van der Waals surface area (Å²) < 4.78 is 0. The van der Waals surface area contributed by atoms with Gasteiger partial charge in [0.25, 0.3) is 0 Å². The normalized spacial score (nSPS) is 18.0. The summed E-state index contributed by atoms with van der Waals surface area (Å²) in [6.07, 6.45) is 12.4. The molecule has 0 aliphatic heterocycles. The molecule has 0 saturated carbocycles. The molecule has 2 aliphatic rings.